The van der Waals surface area contributed by atoms with E-state index in [1.165, 1.54) is 6.08 Å². The van der Waals surface area contributed by atoms with Crippen molar-refractivity contribution in [3.05, 3.63) is 12.7 Å². The van der Waals surface area contributed by atoms with Crippen LogP contribution in [0.25, 0.3) is 0 Å². The first-order valence-electron chi connectivity index (χ1n) is 3.71. The fourth-order valence-electron chi connectivity index (χ4n) is 0.320. The van der Waals surface area contributed by atoms with Gasteiger partial charge >= 0.3 is 0 Å². The summed E-state index contributed by atoms with van der Waals surface area (Å²) >= 11 is 0. The molecular weight excluding hydrogens is 126 g/mol. The first kappa shape index (κ1) is 11.9. The topological polar surface area (TPSA) is 29.1 Å². The van der Waals surface area contributed by atoms with Crippen molar-refractivity contribution in [2.75, 3.05) is 6.54 Å². The zero-order chi connectivity index (χ0) is 8.41. The first-order chi connectivity index (χ1) is 4.81. The van der Waals surface area contributed by atoms with E-state index in [0.29, 0.717) is 0 Å². The number of rotatable bonds is 3. The summed E-state index contributed by atoms with van der Waals surface area (Å²) in [5.41, 5.74) is 0. The van der Waals surface area contributed by atoms with Gasteiger partial charge in [0.2, 0.25) is 5.91 Å². The van der Waals surface area contributed by atoms with Crippen molar-refractivity contribution >= 4 is 5.91 Å². The molecule has 2 heteroatoms. The van der Waals surface area contributed by atoms with E-state index in [2.05, 4.69) is 11.9 Å². The number of amides is 1. The number of hydrogen-bond acceptors (Lipinski definition) is 1. The number of carbonyl (C=O) groups is 1. The summed E-state index contributed by atoms with van der Waals surface area (Å²) in [6, 6.07) is 0. The lowest BCUT2D eigenvalue weighted by molar-refractivity contribution is -0.116. The van der Waals surface area contributed by atoms with Crippen molar-refractivity contribution in [3.63, 3.8) is 0 Å². The normalized spacial score (nSPS) is 7.10. The van der Waals surface area contributed by atoms with Crippen LogP contribution in [0, 0.1) is 0 Å². The minimum absolute atomic E-state index is 0.0909. The summed E-state index contributed by atoms with van der Waals surface area (Å²) in [6.45, 7) is 10.0. The van der Waals surface area contributed by atoms with Gasteiger partial charge in [0.05, 0.1) is 0 Å². The molecule has 1 N–H and O–H groups in total. The molecule has 0 aromatic carbocycles. The highest BCUT2D eigenvalue weighted by Crippen LogP contribution is 1.70. The summed E-state index contributed by atoms with van der Waals surface area (Å²) in [6.07, 6.45) is 2.25. The molecule has 0 aliphatic heterocycles. The van der Waals surface area contributed by atoms with Gasteiger partial charge in [0.25, 0.3) is 0 Å². The van der Waals surface area contributed by atoms with Crippen LogP contribution in [0.5, 0.6) is 0 Å². The van der Waals surface area contributed by atoms with E-state index >= 15 is 0 Å². The van der Waals surface area contributed by atoms with E-state index in [1.54, 1.807) is 0 Å². The van der Waals surface area contributed by atoms with Crippen LogP contribution in [-0.2, 0) is 4.79 Å². The van der Waals surface area contributed by atoms with Gasteiger partial charge in [-0.25, -0.2) is 0 Å². The highest BCUT2D eigenvalue weighted by Gasteiger charge is 1.86. The Labute approximate surface area is 63.3 Å². The van der Waals surface area contributed by atoms with Crippen LogP contribution < -0.4 is 5.32 Å². The van der Waals surface area contributed by atoms with E-state index in [0.717, 1.165) is 13.0 Å². The molecule has 60 valence electrons. The molecule has 1 amide bonds. The fourth-order valence-corrected chi connectivity index (χ4v) is 0.320. The Kier molecular flexibility index (Phi) is 13.2. The van der Waals surface area contributed by atoms with Gasteiger partial charge in [-0.1, -0.05) is 27.4 Å². The molecule has 0 aliphatic carbocycles. The van der Waals surface area contributed by atoms with E-state index in [1.807, 2.05) is 20.8 Å². The quantitative estimate of drug-likeness (QED) is 0.599. The molecular formula is C8H17NO. The van der Waals surface area contributed by atoms with E-state index in [4.69, 9.17) is 0 Å². The Morgan fingerprint density at radius 3 is 2.40 bits per heavy atom. The van der Waals surface area contributed by atoms with Crippen molar-refractivity contribution in [2.24, 2.45) is 0 Å². The van der Waals surface area contributed by atoms with Crippen LogP contribution in [0.15, 0.2) is 12.7 Å². The van der Waals surface area contributed by atoms with Gasteiger partial charge in [-0.15, -0.1) is 0 Å². The molecule has 0 fully saturated rings. The molecule has 0 saturated heterocycles. The first-order valence-corrected chi connectivity index (χ1v) is 3.71. The maximum Gasteiger partial charge on any atom is 0.243 e. The van der Waals surface area contributed by atoms with Crippen LogP contribution >= 0.6 is 0 Å². The van der Waals surface area contributed by atoms with Crippen LogP contribution in [-0.4, -0.2) is 12.5 Å². The third-order valence-electron chi connectivity index (χ3n) is 0.735. The zero-order valence-electron chi connectivity index (χ0n) is 7.11. The Morgan fingerprint density at radius 2 is 2.10 bits per heavy atom. The van der Waals surface area contributed by atoms with E-state index < -0.39 is 0 Å². The molecule has 0 unspecified atom stereocenters. The van der Waals surface area contributed by atoms with Gasteiger partial charge in [0.1, 0.15) is 0 Å². The summed E-state index contributed by atoms with van der Waals surface area (Å²) in [5.74, 6) is -0.0909. The molecule has 0 rings (SSSR count). The second kappa shape index (κ2) is 11.1. The minimum Gasteiger partial charge on any atom is -0.353 e. The summed E-state index contributed by atoms with van der Waals surface area (Å²) < 4.78 is 0. The Morgan fingerprint density at radius 1 is 1.60 bits per heavy atom. The van der Waals surface area contributed by atoms with Crippen LogP contribution in [0.4, 0.5) is 0 Å². The second-order valence-corrected chi connectivity index (χ2v) is 1.50. The standard InChI is InChI=1S/C6H11NO.C2H6/c1-3-5-7-6(8)4-2;1-2/h4H,2-3,5H2,1H3,(H,7,8);1-2H3. The molecule has 0 saturated carbocycles. The van der Waals surface area contributed by atoms with Gasteiger partial charge in [-0.3, -0.25) is 4.79 Å². The number of hydrogen-bond donors (Lipinski definition) is 1. The Balaban J connectivity index is 0. The van der Waals surface area contributed by atoms with Crippen molar-refractivity contribution < 1.29 is 4.79 Å². The predicted octanol–water partition coefficient (Wildman–Crippen LogP) is 1.72. The van der Waals surface area contributed by atoms with Crippen molar-refractivity contribution in [2.45, 2.75) is 27.2 Å². The van der Waals surface area contributed by atoms with Gasteiger partial charge in [-0.2, -0.15) is 0 Å². The second-order valence-electron chi connectivity index (χ2n) is 1.50. The average Bonchev–Trinajstić information content (AvgIpc) is 2.04. The third-order valence-corrected chi connectivity index (χ3v) is 0.735. The molecule has 10 heavy (non-hydrogen) atoms. The minimum atomic E-state index is -0.0909. The van der Waals surface area contributed by atoms with E-state index in [9.17, 15) is 4.79 Å². The lowest BCUT2D eigenvalue weighted by Crippen LogP contribution is -2.20. The molecule has 0 spiro atoms. The maximum atomic E-state index is 10.3. The SMILES string of the molecule is C=CC(=O)NCCC.CC. The van der Waals surface area contributed by atoms with Crippen LogP contribution in [0.3, 0.4) is 0 Å². The third kappa shape index (κ3) is 10.2. The molecule has 0 aromatic heterocycles. The molecule has 0 aliphatic rings. The summed E-state index contributed by atoms with van der Waals surface area (Å²) in [4.78, 5) is 10.3. The van der Waals surface area contributed by atoms with Crippen molar-refractivity contribution in [3.8, 4) is 0 Å². The van der Waals surface area contributed by atoms with Gasteiger partial charge in [0.15, 0.2) is 0 Å². The maximum absolute atomic E-state index is 10.3. The largest absolute Gasteiger partial charge is 0.353 e. The smallest absolute Gasteiger partial charge is 0.243 e. The van der Waals surface area contributed by atoms with E-state index in [-0.39, 0.29) is 5.91 Å². The monoisotopic (exact) mass is 143 g/mol. The highest BCUT2D eigenvalue weighted by molar-refractivity contribution is 5.86. The van der Waals surface area contributed by atoms with Gasteiger partial charge < -0.3 is 5.32 Å². The molecule has 0 radical (unpaired) electrons. The lowest BCUT2D eigenvalue weighted by Gasteiger charge is -1.94. The molecule has 0 aromatic rings. The highest BCUT2D eigenvalue weighted by atomic mass is 16.1. The summed E-state index contributed by atoms with van der Waals surface area (Å²) in [7, 11) is 0. The van der Waals surface area contributed by atoms with Crippen LogP contribution in [0.2, 0.25) is 0 Å². The van der Waals surface area contributed by atoms with Crippen molar-refractivity contribution in [1.82, 2.24) is 5.32 Å². The Hall–Kier alpha value is -0.790. The fraction of sp³-hybridized carbons (Fsp3) is 0.625. The average molecular weight is 143 g/mol. The Bertz CT molecular complexity index is 89.3. The number of nitrogens with one attached hydrogen (secondary N) is 1. The molecule has 0 atom stereocenters. The summed E-state index contributed by atoms with van der Waals surface area (Å²) in [5, 5.41) is 2.62. The predicted molar refractivity (Wildman–Crippen MR) is 44.8 cm³/mol. The lowest BCUT2D eigenvalue weighted by atomic mass is 10.4. The van der Waals surface area contributed by atoms with Gasteiger partial charge in [0, 0.05) is 6.54 Å². The van der Waals surface area contributed by atoms with Gasteiger partial charge in [-0.05, 0) is 12.5 Å². The molecule has 0 bridgehead atoms. The molecule has 0 heterocycles. The molecule has 2 nitrogen and oxygen atoms in total. The zero-order valence-corrected chi connectivity index (χ0v) is 7.11. The number of carbonyl (C=O) groups excluding carboxylic acids is 1. The van der Waals surface area contributed by atoms with Crippen LogP contribution in [0.1, 0.15) is 27.2 Å². The van der Waals surface area contributed by atoms with Crippen molar-refractivity contribution in [1.29, 1.82) is 0 Å².